The Morgan fingerprint density at radius 1 is 1.12 bits per heavy atom. The summed E-state index contributed by atoms with van der Waals surface area (Å²) in [6, 6.07) is 12.9. The molecule has 4 aromatic rings. The Labute approximate surface area is 197 Å². The third-order valence-electron chi connectivity index (χ3n) is 4.74. The van der Waals surface area contributed by atoms with Gasteiger partial charge in [0.15, 0.2) is 11.6 Å². The number of halogens is 4. The molecule has 0 spiro atoms. The molecule has 0 bridgehead atoms. The number of rotatable bonds is 7. The summed E-state index contributed by atoms with van der Waals surface area (Å²) in [5.41, 5.74) is 1.01. The normalized spacial score (nSPS) is 10.9. The molecular formula is C23H17Cl2F2N3O3. The number of nitrogens with one attached hydrogen (secondary N) is 1. The van der Waals surface area contributed by atoms with Gasteiger partial charge in [0.2, 0.25) is 0 Å². The van der Waals surface area contributed by atoms with Crippen LogP contribution >= 0.6 is 23.2 Å². The van der Waals surface area contributed by atoms with Gasteiger partial charge in [0.05, 0.1) is 11.6 Å². The first-order chi connectivity index (χ1) is 15.8. The number of hydrogen-bond acceptors (Lipinski definition) is 4. The van der Waals surface area contributed by atoms with Gasteiger partial charge in [-0.15, -0.1) is 0 Å². The Hall–Kier alpha value is -3.36. The quantitative estimate of drug-likeness (QED) is 0.331. The number of hydrogen-bond donors (Lipinski definition) is 1. The lowest BCUT2D eigenvalue weighted by Gasteiger charge is -2.07. The van der Waals surface area contributed by atoms with E-state index < -0.39 is 17.5 Å². The first-order valence-electron chi connectivity index (χ1n) is 9.75. The van der Waals surface area contributed by atoms with Crippen molar-refractivity contribution < 1.29 is 22.7 Å². The van der Waals surface area contributed by atoms with Crippen LogP contribution in [0.2, 0.25) is 10.0 Å². The van der Waals surface area contributed by atoms with Gasteiger partial charge in [0.25, 0.3) is 5.91 Å². The van der Waals surface area contributed by atoms with E-state index in [4.69, 9.17) is 32.4 Å². The van der Waals surface area contributed by atoms with Gasteiger partial charge in [0.1, 0.15) is 29.8 Å². The van der Waals surface area contributed by atoms with Crippen molar-refractivity contribution in [2.75, 3.05) is 5.32 Å². The Morgan fingerprint density at radius 2 is 1.94 bits per heavy atom. The molecule has 0 aliphatic heterocycles. The number of amides is 1. The fourth-order valence-electron chi connectivity index (χ4n) is 3.06. The number of aryl methyl sites for hydroxylation is 1. The van der Waals surface area contributed by atoms with Gasteiger partial charge in [-0.05, 0) is 49.4 Å². The van der Waals surface area contributed by atoms with Crippen LogP contribution in [0.1, 0.15) is 27.6 Å². The minimum atomic E-state index is -0.519. The Morgan fingerprint density at radius 3 is 2.70 bits per heavy atom. The van der Waals surface area contributed by atoms with E-state index in [0.717, 1.165) is 6.07 Å². The van der Waals surface area contributed by atoms with Crippen molar-refractivity contribution in [2.45, 2.75) is 20.1 Å². The summed E-state index contributed by atoms with van der Waals surface area (Å²) >= 11 is 12.0. The highest BCUT2D eigenvalue weighted by molar-refractivity contribution is 6.32. The van der Waals surface area contributed by atoms with Crippen LogP contribution in [0.3, 0.4) is 0 Å². The van der Waals surface area contributed by atoms with E-state index in [1.807, 2.05) is 0 Å². The summed E-state index contributed by atoms with van der Waals surface area (Å²) in [6.45, 7) is 1.89. The summed E-state index contributed by atoms with van der Waals surface area (Å²) in [4.78, 5) is 12.5. The van der Waals surface area contributed by atoms with E-state index in [1.165, 1.54) is 35.0 Å². The highest BCUT2D eigenvalue weighted by Crippen LogP contribution is 2.26. The molecular weight excluding hydrogens is 475 g/mol. The van der Waals surface area contributed by atoms with E-state index in [1.54, 1.807) is 25.1 Å². The number of ether oxygens (including phenoxy) is 1. The van der Waals surface area contributed by atoms with Crippen LogP contribution in [0.25, 0.3) is 0 Å². The van der Waals surface area contributed by atoms with Crippen LogP contribution in [-0.2, 0) is 13.2 Å². The van der Waals surface area contributed by atoms with Crippen molar-refractivity contribution in [1.82, 2.24) is 9.78 Å². The molecule has 0 aliphatic rings. The molecule has 4 rings (SSSR count). The lowest BCUT2D eigenvalue weighted by Crippen LogP contribution is -2.12. The Kier molecular flexibility index (Phi) is 6.67. The molecule has 0 fully saturated rings. The smallest absolute Gasteiger partial charge is 0.292 e. The molecule has 10 heteroatoms. The second-order valence-electron chi connectivity index (χ2n) is 7.11. The van der Waals surface area contributed by atoms with Crippen LogP contribution < -0.4 is 10.1 Å². The topological polar surface area (TPSA) is 69.3 Å². The van der Waals surface area contributed by atoms with Crippen LogP contribution in [0.4, 0.5) is 14.6 Å². The van der Waals surface area contributed by atoms with Gasteiger partial charge in [-0.25, -0.2) is 8.78 Å². The summed E-state index contributed by atoms with van der Waals surface area (Å²) in [5.74, 6) is -0.447. The number of carbonyl (C=O) groups excluding carboxylic acids is 1. The van der Waals surface area contributed by atoms with Crippen molar-refractivity contribution in [3.63, 3.8) is 0 Å². The molecule has 2 aromatic heterocycles. The first-order valence-corrected chi connectivity index (χ1v) is 10.5. The highest BCUT2D eigenvalue weighted by atomic mass is 35.5. The maximum atomic E-state index is 14.1. The van der Waals surface area contributed by atoms with E-state index in [9.17, 15) is 13.6 Å². The van der Waals surface area contributed by atoms with Gasteiger partial charge in [-0.2, -0.15) is 5.10 Å². The fraction of sp³-hybridized carbons (Fsp3) is 0.130. The molecule has 1 N–H and O–H groups in total. The van der Waals surface area contributed by atoms with Gasteiger partial charge in [0, 0.05) is 22.3 Å². The largest absolute Gasteiger partial charge is 0.484 e. The number of benzene rings is 2. The van der Waals surface area contributed by atoms with Gasteiger partial charge < -0.3 is 14.5 Å². The maximum absolute atomic E-state index is 14.1. The molecule has 0 aliphatic carbocycles. The number of anilines is 1. The van der Waals surface area contributed by atoms with Crippen LogP contribution in [0, 0.1) is 18.6 Å². The van der Waals surface area contributed by atoms with Gasteiger partial charge in [-0.1, -0.05) is 29.3 Å². The van der Waals surface area contributed by atoms with Crippen LogP contribution in [0.5, 0.6) is 5.75 Å². The van der Waals surface area contributed by atoms with E-state index >= 15 is 0 Å². The second-order valence-corrected chi connectivity index (χ2v) is 7.93. The average Bonchev–Trinajstić information content (AvgIpc) is 3.37. The SMILES string of the molecule is Cc1cc(NC(=O)c2ccc(COc3ccc(F)cc3Cl)o2)nn1Cc1c(F)cccc1Cl. The molecule has 6 nitrogen and oxygen atoms in total. The summed E-state index contributed by atoms with van der Waals surface area (Å²) in [6.07, 6.45) is 0. The predicted molar refractivity (Wildman–Crippen MR) is 120 cm³/mol. The molecule has 0 radical (unpaired) electrons. The Bertz CT molecular complexity index is 1300. The van der Waals surface area contributed by atoms with Crippen LogP contribution in [-0.4, -0.2) is 15.7 Å². The van der Waals surface area contributed by atoms with Gasteiger partial charge in [-0.3, -0.25) is 9.48 Å². The second kappa shape index (κ2) is 9.64. The minimum Gasteiger partial charge on any atom is -0.484 e. The average molecular weight is 492 g/mol. The van der Waals surface area contributed by atoms with E-state index in [0.29, 0.717) is 22.0 Å². The fourth-order valence-corrected chi connectivity index (χ4v) is 3.51. The van der Waals surface area contributed by atoms with Crippen molar-refractivity contribution in [2.24, 2.45) is 0 Å². The molecule has 170 valence electrons. The van der Waals surface area contributed by atoms with Gasteiger partial charge >= 0.3 is 0 Å². The zero-order valence-corrected chi connectivity index (χ0v) is 18.8. The minimum absolute atomic E-state index is 0.00420. The summed E-state index contributed by atoms with van der Waals surface area (Å²) in [7, 11) is 0. The molecule has 0 unspecified atom stereocenters. The zero-order chi connectivity index (χ0) is 23.5. The molecule has 1 amide bonds. The zero-order valence-electron chi connectivity index (χ0n) is 17.2. The number of nitrogens with zero attached hydrogens (tertiary/aromatic N) is 2. The molecule has 33 heavy (non-hydrogen) atoms. The lowest BCUT2D eigenvalue weighted by molar-refractivity contribution is 0.0992. The Balaban J connectivity index is 1.40. The predicted octanol–water partition coefficient (Wildman–Crippen LogP) is 6.25. The molecule has 0 saturated carbocycles. The van der Waals surface area contributed by atoms with E-state index in [2.05, 4.69) is 10.4 Å². The lowest BCUT2D eigenvalue weighted by atomic mass is 10.2. The standard InChI is InChI=1S/C23H17Cl2F2N3O3/c1-13-9-22(29-30(13)11-16-17(24)3-2-4-19(16)27)28-23(31)21-8-6-15(33-21)12-32-20-7-5-14(26)10-18(20)25/h2-10H,11-12H2,1H3,(H,28,29,31). The number of aromatic nitrogens is 2. The summed E-state index contributed by atoms with van der Waals surface area (Å²) < 4.78 is 39.7. The maximum Gasteiger partial charge on any atom is 0.292 e. The van der Waals surface area contributed by atoms with Crippen molar-refractivity contribution in [3.8, 4) is 5.75 Å². The van der Waals surface area contributed by atoms with E-state index in [-0.39, 0.29) is 35.5 Å². The molecule has 0 atom stereocenters. The summed E-state index contributed by atoms with van der Waals surface area (Å²) in [5, 5.41) is 7.36. The number of furan rings is 1. The molecule has 2 aromatic carbocycles. The van der Waals surface area contributed by atoms with Crippen LogP contribution in [0.15, 0.2) is 59.0 Å². The molecule has 2 heterocycles. The number of carbonyl (C=O) groups is 1. The highest BCUT2D eigenvalue weighted by Gasteiger charge is 2.16. The third-order valence-corrected chi connectivity index (χ3v) is 5.39. The van der Waals surface area contributed by atoms with Crippen molar-refractivity contribution in [3.05, 3.63) is 99.1 Å². The first kappa shape index (κ1) is 22.8. The molecule has 0 saturated heterocycles. The van der Waals surface area contributed by atoms with Crippen molar-refractivity contribution >= 4 is 34.9 Å². The third kappa shape index (κ3) is 5.35. The van der Waals surface area contributed by atoms with Crippen molar-refractivity contribution in [1.29, 1.82) is 0 Å². The monoisotopic (exact) mass is 491 g/mol.